The topological polar surface area (TPSA) is 43.4 Å². The number of para-hydroxylation sites is 1. The maximum absolute atomic E-state index is 10.6. The monoisotopic (exact) mass is 151 g/mol. The molecule has 0 fully saturated rings. The lowest BCUT2D eigenvalue weighted by Gasteiger charge is -1.96. The van der Waals surface area contributed by atoms with Crippen LogP contribution in [0.15, 0.2) is 30.3 Å². The quantitative estimate of drug-likeness (QED) is 0.271. The fourth-order valence-corrected chi connectivity index (χ4v) is 0.616. The zero-order valence-corrected chi connectivity index (χ0v) is 5.61. The predicted molar refractivity (Wildman–Crippen MR) is 38.1 cm³/mol. The lowest BCUT2D eigenvalue weighted by Crippen LogP contribution is -2.07. The lowest BCUT2D eigenvalue weighted by atomic mass is 10.3. The third kappa shape index (κ3) is 2.21. The number of aldehydes is 1. The molecular formula is C8H6O3. The molecule has 0 aliphatic heterocycles. The van der Waals surface area contributed by atoms with Crippen molar-refractivity contribution in [2.45, 2.75) is 0 Å². The van der Waals surface area contributed by atoms with Crippen LogP contribution < -0.4 is 4.74 Å². The van der Waals surface area contributed by atoms with Gasteiger partial charge in [0.05, 0.1) is 0 Å². The Morgan fingerprint density at radius 2 is 2.09 bits per heavy atom. The van der Waals surface area contributed by atoms with E-state index < -0.39 is 12.2 Å². The van der Waals surface area contributed by atoms with Crippen LogP contribution in [0.3, 0.4) is 0 Å². The molecule has 0 saturated carbocycles. The summed E-state index contributed by atoms with van der Waals surface area (Å²) in [5.41, 5.74) is 0. The van der Waals surface area contributed by atoms with Gasteiger partial charge in [0.25, 0.3) is 0 Å². The van der Waals surface area contributed by atoms with Crippen molar-refractivity contribution in [3.8, 4) is 5.75 Å². The van der Waals surface area contributed by atoms with Gasteiger partial charge in [-0.2, -0.15) is 0 Å². The van der Waals surface area contributed by atoms with Crippen LogP contribution in [-0.4, -0.2) is 12.2 Å². The van der Waals surface area contributed by atoms with Crippen LogP contribution in [0.5, 0.6) is 5.75 Å². The number of benzene rings is 1. The Hall–Kier alpha value is -1.64. The van der Waals surface area contributed by atoms with Crippen LogP contribution in [0.1, 0.15) is 1.37 Å². The molecule has 0 aromatic heterocycles. The first-order chi connectivity index (χ1) is 5.70. The van der Waals surface area contributed by atoms with Crippen molar-refractivity contribution >= 4 is 12.2 Å². The molecule has 0 spiro atoms. The summed E-state index contributed by atoms with van der Waals surface area (Å²) in [7, 11) is 0. The molecule has 3 nitrogen and oxygen atoms in total. The van der Waals surface area contributed by atoms with E-state index in [1.807, 2.05) is 0 Å². The highest BCUT2D eigenvalue weighted by atomic mass is 16.5. The standard InChI is InChI=1S/C8H6O3/c9-6-8(10)11-7-4-2-1-3-5-7/h1-6H/i6D. The minimum absolute atomic E-state index is 0.267. The van der Waals surface area contributed by atoms with Crippen LogP contribution in [-0.2, 0) is 9.59 Å². The fourth-order valence-electron chi connectivity index (χ4n) is 0.616. The maximum atomic E-state index is 10.6. The van der Waals surface area contributed by atoms with Gasteiger partial charge in [0.15, 0.2) is 0 Å². The molecule has 1 rings (SSSR count). The second-order valence-corrected chi connectivity index (χ2v) is 1.80. The van der Waals surface area contributed by atoms with Crippen molar-refractivity contribution < 1.29 is 15.7 Å². The SMILES string of the molecule is [2H]C(=O)C(=O)Oc1ccccc1. The van der Waals surface area contributed by atoms with E-state index in [1.54, 1.807) is 18.2 Å². The number of ether oxygens (including phenoxy) is 1. The first-order valence-corrected chi connectivity index (χ1v) is 2.98. The summed E-state index contributed by atoms with van der Waals surface area (Å²) in [6.07, 6.45) is -1.35. The summed E-state index contributed by atoms with van der Waals surface area (Å²) in [6.45, 7) is 0. The maximum Gasteiger partial charge on any atom is 0.376 e. The van der Waals surface area contributed by atoms with Crippen molar-refractivity contribution in [1.82, 2.24) is 0 Å². The van der Waals surface area contributed by atoms with Crippen LogP contribution in [0.2, 0.25) is 0 Å². The molecule has 1 aromatic carbocycles. The van der Waals surface area contributed by atoms with Gasteiger partial charge in [-0.15, -0.1) is 0 Å². The van der Waals surface area contributed by atoms with E-state index >= 15 is 0 Å². The van der Waals surface area contributed by atoms with Crippen LogP contribution in [0, 0.1) is 0 Å². The smallest absolute Gasteiger partial charge is 0.376 e. The minimum atomic E-state index is -1.35. The highest BCUT2D eigenvalue weighted by molar-refractivity contribution is 6.21. The van der Waals surface area contributed by atoms with Gasteiger partial charge in [0.2, 0.25) is 6.26 Å². The molecule has 1 aromatic rings. The van der Waals surface area contributed by atoms with Crippen molar-refractivity contribution in [2.75, 3.05) is 0 Å². The van der Waals surface area contributed by atoms with E-state index in [4.69, 9.17) is 1.37 Å². The van der Waals surface area contributed by atoms with E-state index in [2.05, 4.69) is 4.74 Å². The number of carbonyl (C=O) groups excluding carboxylic acids is 2. The number of carbonyl (C=O) groups is 2. The molecule has 0 saturated heterocycles. The molecule has 0 N–H and O–H groups in total. The molecule has 0 bridgehead atoms. The average Bonchev–Trinajstić information content (AvgIpc) is 2.06. The number of hydrogen-bond donors (Lipinski definition) is 0. The van der Waals surface area contributed by atoms with Gasteiger partial charge in [0.1, 0.15) is 7.12 Å². The van der Waals surface area contributed by atoms with Gasteiger partial charge in [-0.25, -0.2) is 4.79 Å². The normalized spacial score (nSPS) is 10.0. The summed E-state index contributed by atoms with van der Waals surface area (Å²) in [4.78, 5) is 20.7. The average molecular weight is 151 g/mol. The van der Waals surface area contributed by atoms with Crippen LogP contribution >= 0.6 is 0 Å². The van der Waals surface area contributed by atoms with Gasteiger partial charge < -0.3 is 4.74 Å². The third-order valence-corrected chi connectivity index (χ3v) is 1.04. The predicted octanol–water partition coefficient (Wildman–Crippen LogP) is 0.791. The largest absolute Gasteiger partial charge is 0.421 e. The molecule has 11 heavy (non-hydrogen) atoms. The first-order valence-electron chi connectivity index (χ1n) is 3.48. The third-order valence-electron chi connectivity index (χ3n) is 1.04. The van der Waals surface area contributed by atoms with Crippen LogP contribution in [0.25, 0.3) is 0 Å². The van der Waals surface area contributed by atoms with Crippen molar-refractivity contribution in [3.63, 3.8) is 0 Å². The fraction of sp³-hybridized carbons (Fsp3) is 0. The van der Waals surface area contributed by atoms with E-state index in [0.717, 1.165) is 0 Å². The summed E-state index contributed by atoms with van der Waals surface area (Å²) >= 11 is 0. The molecule has 56 valence electrons. The van der Waals surface area contributed by atoms with Crippen molar-refractivity contribution in [1.29, 1.82) is 0 Å². The zero-order valence-electron chi connectivity index (χ0n) is 6.61. The van der Waals surface area contributed by atoms with E-state index in [-0.39, 0.29) is 5.75 Å². The zero-order chi connectivity index (χ0) is 8.97. The van der Waals surface area contributed by atoms with Gasteiger partial charge in [-0.1, -0.05) is 18.2 Å². The molecule has 0 amide bonds. The van der Waals surface area contributed by atoms with Crippen molar-refractivity contribution in [3.05, 3.63) is 30.3 Å². The first kappa shape index (κ1) is 6.09. The summed E-state index contributed by atoms with van der Waals surface area (Å²) in [5.74, 6) is -0.899. The summed E-state index contributed by atoms with van der Waals surface area (Å²) < 4.78 is 10.9. The van der Waals surface area contributed by atoms with Crippen molar-refractivity contribution in [2.24, 2.45) is 0 Å². The Kier molecular flexibility index (Phi) is 1.94. The lowest BCUT2D eigenvalue weighted by molar-refractivity contribution is -0.141. The Balaban J connectivity index is 2.65. The Morgan fingerprint density at radius 3 is 2.64 bits per heavy atom. The Bertz CT molecular complexity index is 294. The van der Waals surface area contributed by atoms with Gasteiger partial charge >= 0.3 is 5.97 Å². The highest BCUT2D eigenvalue weighted by Gasteiger charge is 1.99. The van der Waals surface area contributed by atoms with E-state index in [9.17, 15) is 9.59 Å². The molecule has 0 heterocycles. The Labute approximate surface area is 65.0 Å². The summed E-state index contributed by atoms with van der Waals surface area (Å²) in [5, 5.41) is 0. The highest BCUT2D eigenvalue weighted by Crippen LogP contribution is 2.07. The summed E-state index contributed by atoms with van der Waals surface area (Å²) in [6, 6.07) is 8.13. The molecule has 0 radical (unpaired) electrons. The van der Waals surface area contributed by atoms with Crippen LogP contribution in [0.4, 0.5) is 0 Å². The second kappa shape index (κ2) is 3.51. The number of hydrogen-bond acceptors (Lipinski definition) is 3. The Morgan fingerprint density at radius 1 is 1.45 bits per heavy atom. The molecule has 0 atom stereocenters. The van der Waals surface area contributed by atoms with Gasteiger partial charge in [0, 0.05) is 0 Å². The molecule has 3 heteroatoms. The van der Waals surface area contributed by atoms with E-state index in [1.165, 1.54) is 12.1 Å². The molecule has 0 aliphatic rings. The minimum Gasteiger partial charge on any atom is -0.421 e. The molecular weight excluding hydrogens is 144 g/mol. The molecule has 0 aliphatic carbocycles. The van der Waals surface area contributed by atoms with Gasteiger partial charge in [-0.05, 0) is 12.1 Å². The van der Waals surface area contributed by atoms with Gasteiger partial charge in [-0.3, -0.25) is 4.79 Å². The molecule has 0 unspecified atom stereocenters. The second-order valence-electron chi connectivity index (χ2n) is 1.80. The number of esters is 1. The van der Waals surface area contributed by atoms with E-state index in [0.29, 0.717) is 0 Å². The number of rotatable bonds is 2.